The number of nitrogens with zero attached hydrogens (tertiary/aromatic N) is 3. The van der Waals surface area contributed by atoms with Crippen molar-refractivity contribution in [2.45, 2.75) is 26.2 Å². The van der Waals surface area contributed by atoms with Crippen molar-refractivity contribution in [1.82, 2.24) is 10.1 Å². The van der Waals surface area contributed by atoms with Crippen LogP contribution in [0.2, 0.25) is 0 Å². The van der Waals surface area contributed by atoms with Crippen molar-refractivity contribution >= 4 is 15.6 Å². The first kappa shape index (κ1) is 14.9. The van der Waals surface area contributed by atoms with Crippen LogP contribution in [0.4, 0.5) is 0 Å². The SMILES string of the molecule is Cc1nc(-c2ccc(C(=O)N=S3(=O)CCCCC3)cc2)no1. The average Bonchev–Trinajstić information content (AvgIpc) is 2.94. The highest BCUT2D eigenvalue weighted by molar-refractivity contribution is 7.93. The molecule has 22 heavy (non-hydrogen) atoms. The van der Waals surface area contributed by atoms with E-state index < -0.39 is 15.6 Å². The third-order valence-electron chi connectivity index (χ3n) is 3.59. The number of amides is 1. The third-order valence-corrected chi connectivity index (χ3v) is 5.95. The van der Waals surface area contributed by atoms with Crippen LogP contribution in [-0.4, -0.2) is 31.8 Å². The van der Waals surface area contributed by atoms with Crippen LogP contribution in [0, 0.1) is 6.92 Å². The Hall–Kier alpha value is -2.02. The van der Waals surface area contributed by atoms with Crippen LogP contribution in [0.15, 0.2) is 33.2 Å². The summed E-state index contributed by atoms with van der Waals surface area (Å²) < 4.78 is 21.4. The molecular formula is C15H17N3O3S. The summed E-state index contributed by atoms with van der Waals surface area (Å²) in [5.74, 6) is 1.60. The van der Waals surface area contributed by atoms with Crippen LogP contribution in [-0.2, 0) is 9.73 Å². The molecule has 116 valence electrons. The fraction of sp³-hybridized carbons (Fsp3) is 0.400. The van der Waals surface area contributed by atoms with E-state index in [-0.39, 0.29) is 0 Å². The number of carbonyl (C=O) groups excluding carboxylic acids is 1. The summed E-state index contributed by atoms with van der Waals surface area (Å²) in [4.78, 5) is 16.3. The zero-order chi connectivity index (χ0) is 15.6. The van der Waals surface area contributed by atoms with Gasteiger partial charge in [-0.25, -0.2) is 4.21 Å². The maximum Gasteiger partial charge on any atom is 0.285 e. The molecular weight excluding hydrogens is 302 g/mol. The Labute approximate surface area is 129 Å². The Kier molecular flexibility index (Phi) is 4.06. The maximum absolute atomic E-state index is 12.5. The Morgan fingerprint density at radius 1 is 1.18 bits per heavy atom. The number of hydrogen-bond acceptors (Lipinski definition) is 5. The van der Waals surface area contributed by atoms with E-state index in [9.17, 15) is 9.00 Å². The van der Waals surface area contributed by atoms with Gasteiger partial charge in [0.05, 0.1) is 9.73 Å². The Morgan fingerprint density at radius 2 is 1.86 bits per heavy atom. The lowest BCUT2D eigenvalue weighted by atomic mass is 10.1. The summed E-state index contributed by atoms with van der Waals surface area (Å²) in [6.45, 7) is 1.72. The lowest BCUT2D eigenvalue weighted by Gasteiger charge is -2.14. The molecule has 1 aromatic heterocycles. The molecule has 0 spiro atoms. The second-order valence-electron chi connectivity index (χ2n) is 5.35. The highest BCUT2D eigenvalue weighted by atomic mass is 32.2. The number of rotatable bonds is 2. The van der Waals surface area contributed by atoms with E-state index in [0.29, 0.717) is 28.8 Å². The van der Waals surface area contributed by atoms with Gasteiger partial charge in [0.2, 0.25) is 11.7 Å². The minimum Gasteiger partial charge on any atom is -0.339 e. The Morgan fingerprint density at radius 3 is 2.45 bits per heavy atom. The summed E-state index contributed by atoms with van der Waals surface area (Å²) in [5.41, 5.74) is 1.19. The highest BCUT2D eigenvalue weighted by Crippen LogP contribution is 2.18. The molecule has 1 saturated heterocycles. The standard InChI is InChI=1S/C15H17N3O3S/c1-11-16-14(17-21-11)12-5-7-13(8-6-12)15(19)18-22(20)9-3-2-4-10-22/h5-8H,2-4,9-10H2,1H3. The average molecular weight is 319 g/mol. The molecule has 1 aliphatic heterocycles. The van der Waals surface area contributed by atoms with Crippen LogP contribution < -0.4 is 0 Å². The normalized spacial score (nSPS) is 17.1. The van der Waals surface area contributed by atoms with Crippen LogP contribution >= 0.6 is 0 Å². The van der Waals surface area contributed by atoms with E-state index in [4.69, 9.17) is 4.52 Å². The summed E-state index contributed by atoms with van der Waals surface area (Å²) >= 11 is 0. The molecule has 6 nitrogen and oxygen atoms in total. The van der Waals surface area contributed by atoms with Crippen molar-refractivity contribution in [3.63, 3.8) is 0 Å². The molecule has 0 N–H and O–H groups in total. The number of carbonyl (C=O) groups is 1. The van der Waals surface area contributed by atoms with Crippen molar-refractivity contribution in [3.05, 3.63) is 35.7 Å². The van der Waals surface area contributed by atoms with Crippen LogP contribution in [0.25, 0.3) is 11.4 Å². The minimum absolute atomic E-state index is 0.414. The van der Waals surface area contributed by atoms with Gasteiger partial charge in [-0.3, -0.25) is 4.79 Å². The first-order valence-electron chi connectivity index (χ1n) is 7.23. The number of aromatic nitrogens is 2. The van der Waals surface area contributed by atoms with Crippen LogP contribution in [0.3, 0.4) is 0 Å². The molecule has 1 fully saturated rings. The fourth-order valence-corrected chi connectivity index (χ4v) is 4.51. The van der Waals surface area contributed by atoms with Gasteiger partial charge < -0.3 is 4.52 Å². The molecule has 0 unspecified atom stereocenters. The van der Waals surface area contributed by atoms with E-state index >= 15 is 0 Å². The van der Waals surface area contributed by atoms with Gasteiger partial charge in [0.1, 0.15) is 0 Å². The van der Waals surface area contributed by atoms with Crippen molar-refractivity contribution in [2.75, 3.05) is 11.5 Å². The number of aryl methyl sites for hydroxylation is 1. The smallest absolute Gasteiger partial charge is 0.285 e. The van der Waals surface area contributed by atoms with Crippen molar-refractivity contribution in [2.24, 2.45) is 4.36 Å². The number of hydrogen-bond donors (Lipinski definition) is 0. The topological polar surface area (TPSA) is 85.4 Å². The first-order valence-corrected chi connectivity index (χ1v) is 9.09. The van der Waals surface area contributed by atoms with Gasteiger partial charge in [-0.2, -0.15) is 9.35 Å². The van der Waals surface area contributed by atoms with E-state index in [1.54, 1.807) is 31.2 Å². The molecule has 0 radical (unpaired) electrons. The molecule has 1 aliphatic rings. The fourth-order valence-electron chi connectivity index (χ4n) is 2.41. The monoisotopic (exact) mass is 319 g/mol. The molecule has 3 rings (SSSR count). The Balaban J connectivity index is 1.82. The van der Waals surface area contributed by atoms with E-state index in [1.807, 2.05) is 0 Å². The molecule has 2 heterocycles. The van der Waals surface area contributed by atoms with Gasteiger partial charge in [0, 0.05) is 29.6 Å². The predicted octanol–water partition coefficient (Wildman–Crippen LogP) is 2.84. The maximum atomic E-state index is 12.5. The van der Waals surface area contributed by atoms with Gasteiger partial charge >= 0.3 is 0 Å². The van der Waals surface area contributed by atoms with Crippen LogP contribution in [0.1, 0.15) is 35.5 Å². The van der Waals surface area contributed by atoms with Crippen molar-refractivity contribution in [1.29, 1.82) is 0 Å². The third kappa shape index (κ3) is 3.24. The molecule has 7 heteroatoms. The molecule has 1 aromatic carbocycles. The second kappa shape index (κ2) is 6.00. The molecule has 1 amide bonds. The largest absolute Gasteiger partial charge is 0.339 e. The molecule has 0 aliphatic carbocycles. The van der Waals surface area contributed by atoms with Gasteiger partial charge in [-0.1, -0.05) is 23.7 Å². The summed E-state index contributed by atoms with van der Waals surface area (Å²) in [6.07, 6.45) is 2.83. The van der Waals surface area contributed by atoms with Gasteiger partial charge in [0.25, 0.3) is 5.91 Å². The van der Waals surface area contributed by atoms with E-state index in [0.717, 1.165) is 24.8 Å². The zero-order valence-corrected chi connectivity index (χ0v) is 13.1. The lowest BCUT2D eigenvalue weighted by Crippen LogP contribution is -2.18. The first-order chi connectivity index (χ1) is 10.6. The lowest BCUT2D eigenvalue weighted by molar-refractivity contribution is 0.100. The molecule has 0 saturated carbocycles. The molecule has 2 aromatic rings. The van der Waals surface area contributed by atoms with E-state index in [2.05, 4.69) is 14.5 Å². The quantitative estimate of drug-likeness (QED) is 0.849. The van der Waals surface area contributed by atoms with Gasteiger partial charge in [0.15, 0.2) is 0 Å². The zero-order valence-electron chi connectivity index (χ0n) is 12.3. The predicted molar refractivity (Wildman–Crippen MR) is 83.0 cm³/mol. The second-order valence-corrected chi connectivity index (χ2v) is 7.90. The Bertz CT molecular complexity index is 790. The van der Waals surface area contributed by atoms with Crippen molar-refractivity contribution < 1.29 is 13.5 Å². The number of benzene rings is 1. The summed E-state index contributed by atoms with van der Waals surface area (Å²) in [5, 5.41) is 3.82. The van der Waals surface area contributed by atoms with Crippen molar-refractivity contribution in [3.8, 4) is 11.4 Å². The minimum atomic E-state index is -2.36. The van der Waals surface area contributed by atoms with Gasteiger partial charge in [-0.05, 0) is 25.0 Å². The van der Waals surface area contributed by atoms with Crippen LogP contribution in [0.5, 0.6) is 0 Å². The van der Waals surface area contributed by atoms with E-state index in [1.165, 1.54) is 0 Å². The highest BCUT2D eigenvalue weighted by Gasteiger charge is 2.17. The summed E-state index contributed by atoms with van der Waals surface area (Å²) in [6, 6.07) is 6.78. The molecule has 0 bridgehead atoms. The van der Waals surface area contributed by atoms with Gasteiger partial charge in [-0.15, -0.1) is 0 Å². The summed E-state index contributed by atoms with van der Waals surface area (Å²) in [7, 11) is -2.36. The molecule has 0 atom stereocenters.